The molecule has 1 N–H and O–H groups in total. The third-order valence-electron chi connectivity index (χ3n) is 4.35. The van der Waals surface area contributed by atoms with Crippen LogP contribution in [-0.2, 0) is 11.8 Å². The van der Waals surface area contributed by atoms with Gasteiger partial charge in [0.15, 0.2) is 6.04 Å². The number of aryl methyl sites for hydroxylation is 1. The first kappa shape index (κ1) is 14.8. The molecule has 1 saturated heterocycles. The minimum atomic E-state index is -0.799. The Morgan fingerprint density at radius 1 is 1.23 bits per heavy atom. The Balaban J connectivity index is 2.06. The fourth-order valence-corrected chi connectivity index (χ4v) is 3.32. The van der Waals surface area contributed by atoms with Gasteiger partial charge in [0.05, 0.1) is 11.4 Å². The predicted octanol–water partition coefficient (Wildman–Crippen LogP) is 2.62. The molecule has 1 aliphatic rings. The molecule has 2 aromatic rings. The third-order valence-corrected chi connectivity index (χ3v) is 4.35. The molecule has 1 aliphatic heterocycles. The smallest absolute Gasteiger partial charge is 0.327 e. The number of hydrogen-bond acceptors (Lipinski definition) is 3. The topological polar surface area (TPSA) is 58.4 Å². The summed E-state index contributed by atoms with van der Waals surface area (Å²) in [6, 6.07) is 9.28. The van der Waals surface area contributed by atoms with Crippen molar-refractivity contribution in [3.8, 4) is 11.4 Å². The maximum atomic E-state index is 11.9. The zero-order chi connectivity index (χ0) is 15.7. The molecule has 1 unspecified atom stereocenters. The molecule has 0 bridgehead atoms. The Bertz CT molecular complexity index is 673. The number of carboxylic acid groups (broad SMARTS) is 1. The lowest BCUT2D eigenvalue weighted by atomic mass is 10.1. The van der Waals surface area contributed by atoms with Crippen LogP contribution in [0.25, 0.3) is 11.4 Å². The van der Waals surface area contributed by atoms with E-state index in [1.54, 1.807) is 0 Å². The molecule has 2 heterocycles. The van der Waals surface area contributed by atoms with Crippen molar-refractivity contribution in [2.24, 2.45) is 7.05 Å². The van der Waals surface area contributed by atoms with Crippen LogP contribution in [0.3, 0.4) is 0 Å². The highest BCUT2D eigenvalue weighted by molar-refractivity contribution is 5.76. The van der Waals surface area contributed by atoms with Gasteiger partial charge in [-0.2, -0.15) is 0 Å². The van der Waals surface area contributed by atoms with Gasteiger partial charge in [-0.05, 0) is 32.9 Å². The minimum absolute atomic E-state index is 0.613. The standard InChI is InChI=1S/C17H21N3O2/c1-12-14(15(17(21)22)20-10-6-7-11-20)19(2)16(18-12)13-8-4-3-5-9-13/h3-5,8-9,15H,6-7,10-11H2,1-2H3,(H,21,22). The highest BCUT2D eigenvalue weighted by Crippen LogP contribution is 2.30. The van der Waals surface area contributed by atoms with Gasteiger partial charge in [0.1, 0.15) is 5.82 Å². The molecule has 22 heavy (non-hydrogen) atoms. The summed E-state index contributed by atoms with van der Waals surface area (Å²) < 4.78 is 1.93. The highest BCUT2D eigenvalue weighted by Gasteiger charge is 2.34. The van der Waals surface area contributed by atoms with E-state index in [4.69, 9.17) is 0 Å². The summed E-state index contributed by atoms with van der Waals surface area (Å²) in [5, 5.41) is 9.73. The maximum absolute atomic E-state index is 11.9. The Hall–Kier alpha value is -2.14. The quantitative estimate of drug-likeness (QED) is 0.943. The van der Waals surface area contributed by atoms with E-state index >= 15 is 0 Å². The predicted molar refractivity (Wildman–Crippen MR) is 84.6 cm³/mol. The zero-order valence-corrected chi connectivity index (χ0v) is 13.0. The van der Waals surface area contributed by atoms with E-state index in [9.17, 15) is 9.90 Å². The van der Waals surface area contributed by atoms with Crippen molar-refractivity contribution in [2.45, 2.75) is 25.8 Å². The number of imidazole rings is 1. The molecule has 5 heteroatoms. The van der Waals surface area contributed by atoms with Crippen LogP contribution in [0.1, 0.15) is 30.3 Å². The van der Waals surface area contributed by atoms with Gasteiger partial charge in [0, 0.05) is 12.6 Å². The molecule has 1 aromatic heterocycles. The number of hydrogen-bond donors (Lipinski definition) is 1. The molecule has 0 saturated carbocycles. The number of rotatable bonds is 4. The van der Waals surface area contributed by atoms with E-state index in [1.807, 2.05) is 53.8 Å². The van der Waals surface area contributed by atoms with Gasteiger partial charge < -0.3 is 9.67 Å². The molecule has 1 atom stereocenters. The Morgan fingerprint density at radius 3 is 2.45 bits per heavy atom. The number of nitrogens with zero attached hydrogens (tertiary/aromatic N) is 3. The second-order valence-corrected chi connectivity index (χ2v) is 5.81. The first-order valence-corrected chi connectivity index (χ1v) is 7.65. The van der Waals surface area contributed by atoms with E-state index in [0.29, 0.717) is 0 Å². The molecular weight excluding hydrogens is 278 g/mol. The largest absolute Gasteiger partial charge is 0.480 e. The highest BCUT2D eigenvalue weighted by atomic mass is 16.4. The van der Waals surface area contributed by atoms with Crippen molar-refractivity contribution in [3.63, 3.8) is 0 Å². The van der Waals surface area contributed by atoms with Crippen LogP contribution in [0, 0.1) is 6.92 Å². The first-order valence-electron chi connectivity index (χ1n) is 7.65. The maximum Gasteiger partial charge on any atom is 0.327 e. The van der Waals surface area contributed by atoms with E-state index < -0.39 is 12.0 Å². The SMILES string of the molecule is Cc1nc(-c2ccccc2)n(C)c1C(C(=O)O)N1CCCC1. The fraction of sp³-hybridized carbons (Fsp3) is 0.412. The average molecular weight is 299 g/mol. The summed E-state index contributed by atoms with van der Waals surface area (Å²) in [5.74, 6) is 0.0196. The number of benzene rings is 1. The first-order chi connectivity index (χ1) is 10.6. The van der Waals surface area contributed by atoms with E-state index in [-0.39, 0.29) is 0 Å². The fourth-order valence-electron chi connectivity index (χ4n) is 3.32. The van der Waals surface area contributed by atoms with Crippen LogP contribution in [0.5, 0.6) is 0 Å². The molecule has 5 nitrogen and oxygen atoms in total. The van der Waals surface area contributed by atoms with E-state index in [2.05, 4.69) is 4.98 Å². The van der Waals surface area contributed by atoms with Crippen LogP contribution in [-0.4, -0.2) is 38.6 Å². The number of aliphatic carboxylic acids is 1. The van der Waals surface area contributed by atoms with Gasteiger partial charge in [-0.25, -0.2) is 4.98 Å². The summed E-state index contributed by atoms with van der Waals surface area (Å²) in [6.07, 6.45) is 2.12. The van der Waals surface area contributed by atoms with Crippen molar-refractivity contribution >= 4 is 5.97 Å². The van der Waals surface area contributed by atoms with Crippen molar-refractivity contribution < 1.29 is 9.90 Å². The third kappa shape index (κ3) is 2.52. The van der Waals surface area contributed by atoms with Crippen LogP contribution in [0.2, 0.25) is 0 Å². The summed E-state index contributed by atoms with van der Waals surface area (Å²) in [6.45, 7) is 3.57. The van der Waals surface area contributed by atoms with Crippen LogP contribution in [0.15, 0.2) is 30.3 Å². The van der Waals surface area contributed by atoms with Crippen molar-refractivity contribution in [1.82, 2.24) is 14.5 Å². The number of carbonyl (C=O) groups is 1. The lowest BCUT2D eigenvalue weighted by molar-refractivity contribution is -0.143. The Kier molecular flexibility index (Phi) is 3.98. The van der Waals surface area contributed by atoms with Crippen molar-refractivity contribution in [3.05, 3.63) is 41.7 Å². The lowest BCUT2D eigenvalue weighted by Crippen LogP contribution is -2.33. The molecule has 0 spiro atoms. The van der Waals surface area contributed by atoms with Gasteiger partial charge in [-0.1, -0.05) is 30.3 Å². The summed E-state index contributed by atoms with van der Waals surface area (Å²) in [7, 11) is 1.91. The Morgan fingerprint density at radius 2 is 1.86 bits per heavy atom. The van der Waals surface area contributed by atoms with Gasteiger partial charge in [-0.15, -0.1) is 0 Å². The lowest BCUT2D eigenvalue weighted by Gasteiger charge is -2.24. The second kappa shape index (κ2) is 5.93. The number of aromatic nitrogens is 2. The summed E-state index contributed by atoms with van der Waals surface area (Å²) in [4.78, 5) is 18.5. The molecule has 1 aromatic carbocycles. The molecule has 0 amide bonds. The molecule has 0 aliphatic carbocycles. The van der Waals surface area contributed by atoms with E-state index in [0.717, 1.165) is 48.7 Å². The van der Waals surface area contributed by atoms with Gasteiger partial charge >= 0.3 is 5.97 Å². The molecule has 116 valence electrons. The monoisotopic (exact) mass is 299 g/mol. The van der Waals surface area contributed by atoms with Gasteiger partial charge in [0.2, 0.25) is 0 Å². The molecule has 1 fully saturated rings. The van der Waals surface area contributed by atoms with E-state index in [1.165, 1.54) is 0 Å². The van der Waals surface area contributed by atoms with Gasteiger partial charge in [-0.3, -0.25) is 9.69 Å². The Labute approximate surface area is 130 Å². The average Bonchev–Trinajstić information content (AvgIpc) is 3.12. The number of carboxylic acids is 1. The summed E-state index contributed by atoms with van der Waals surface area (Å²) in [5.41, 5.74) is 2.58. The van der Waals surface area contributed by atoms with Crippen molar-refractivity contribution in [1.29, 1.82) is 0 Å². The van der Waals surface area contributed by atoms with Gasteiger partial charge in [0.25, 0.3) is 0 Å². The van der Waals surface area contributed by atoms with Crippen LogP contribution in [0.4, 0.5) is 0 Å². The van der Waals surface area contributed by atoms with Crippen molar-refractivity contribution in [2.75, 3.05) is 13.1 Å². The number of likely N-dealkylation sites (tertiary alicyclic amines) is 1. The van der Waals surface area contributed by atoms with Crippen LogP contribution < -0.4 is 0 Å². The zero-order valence-electron chi connectivity index (χ0n) is 13.0. The molecule has 3 rings (SSSR count). The molecular formula is C17H21N3O2. The summed E-state index contributed by atoms with van der Waals surface area (Å²) >= 11 is 0. The normalized spacial score (nSPS) is 16.8. The molecule has 0 radical (unpaired) electrons. The van der Waals surface area contributed by atoms with Crippen LogP contribution >= 0.6 is 0 Å². The minimum Gasteiger partial charge on any atom is -0.480 e. The second-order valence-electron chi connectivity index (χ2n) is 5.81.